The van der Waals surface area contributed by atoms with E-state index in [0.29, 0.717) is 17.7 Å². The molecule has 3 aromatic rings. The van der Waals surface area contributed by atoms with Crippen molar-refractivity contribution in [1.29, 1.82) is 0 Å². The van der Waals surface area contributed by atoms with Gasteiger partial charge in [-0.1, -0.05) is 23.4 Å². The number of nitrogens with one attached hydrogen (secondary N) is 1. The van der Waals surface area contributed by atoms with Crippen LogP contribution in [0.25, 0.3) is 0 Å². The van der Waals surface area contributed by atoms with E-state index in [2.05, 4.69) is 16.4 Å². The number of rotatable bonds is 0. The van der Waals surface area contributed by atoms with E-state index >= 15 is 0 Å². The Morgan fingerprint density at radius 3 is 1.85 bits per heavy atom. The fourth-order valence-electron chi connectivity index (χ4n) is 4.92. The van der Waals surface area contributed by atoms with E-state index in [0.717, 1.165) is 67.4 Å². The molecule has 0 aromatic heterocycles. The molecule has 6 rings (SSSR count). The molecule has 3 aromatic carbocycles. The number of Topliss-reactive ketones (excluding diaryl/α,β-unsaturated/α-hetero) is 1. The zero-order chi connectivity index (χ0) is 28.2. The van der Waals surface area contributed by atoms with Gasteiger partial charge in [0.05, 0.1) is 5.71 Å². The van der Waals surface area contributed by atoms with Gasteiger partial charge in [-0.2, -0.15) is 0 Å². The zero-order valence-corrected chi connectivity index (χ0v) is 23.0. The van der Waals surface area contributed by atoms with E-state index in [-0.39, 0.29) is 35.6 Å². The molecule has 0 saturated carbocycles. The van der Waals surface area contributed by atoms with Crippen LogP contribution in [0.1, 0.15) is 71.1 Å². The third kappa shape index (κ3) is 9.08. The number of anilines is 1. The number of aryl methyl sites for hydroxylation is 3. The molecule has 0 fully saturated rings. The summed E-state index contributed by atoms with van der Waals surface area (Å²) in [4.78, 5) is 11.3. The van der Waals surface area contributed by atoms with Gasteiger partial charge in [0.25, 0.3) is 0 Å². The molecular formula is C30H35ClF3N3O3. The van der Waals surface area contributed by atoms with Crippen molar-refractivity contribution in [3.05, 3.63) is 99.9 Å². The predicted molar refractivity (Wildman–Crippen MR) is 152 cm³/mol. The zero-order valence-electron chi connectivity index (χ0n) is 22.1. The number of fused-ring (bicyclic) bond motifs is 3. The summed E-state index contributed by atoms with van der Waals surface area (Å²) in [6, 6.07) is 14.1. The highest BCUT2D eigenvalue weighted by molar-refractivity contribution is 6.02. The third-order valence-electron chi connectivity index (χ3n) is 6.85. The Morgan fingerprint density at radius 1 is 0.675 bits per heavy atom. The van der Waals surface area contributed by atoms with Crippen LogP contribution < -0.4 is 11.2 Å². The molecule has 0 radical (unpaired) electrons. The molecule has 1 heterocycles. The maximum Gasteiger partial charge on any atom is 0.163 e. The minimum atomic E-state index is -0.316. The molecule has 0 bridgehead atoms. The number of hydrogen-bond acceptors (Lipinski definition) is 6. The molecule has 40 heavy (non-hydrogen) atoms. The molecule has 0 atom stereocenters. The second-order valence-corrected chi connectivity index (χ2v) is 9.47. The highest BCUT2D eigenvalue weighted by atomic mass is 35.5. The van der Waals surface area contributed by atoms with Gasteiger partial charge in [-0.05, 0) is 104 Å². The van der Waals surface area contributed by atoms with Gasteiger partial charge >= 0.3 is 0 Å². The van der Waals surface area contributed by atoms with Gasteiger partial charge in [-0.3, -0.25) is 4.79 Å². The predicted octanol–water partition coefficient (Wildman–Crippen LogP) is 7.02. The molecule has 2 aliphatic carbocycles. The quantitative estimate of drug-likeness (QED) is 0.170. The van der Waals surface area contributed by atoms with Crippen LogP contribution in [-0.4, -0.2) is 28.5 Å². The van der Waals surface area contributed by atoms with Gasteiger partial charge in [0.15, 0.2) is 5.78 Å². The molecule has 6 nitrogen and oxygen atoms in total. The van der Waals surface area contributed by atoms with Crippen molar-refractivity contribution < 1.29 is 28.4 Å². The molecule has 3 aliphatic rings. The van der Waals surface area contributed by atoms with Gasteiger partial charge in [-0.25, -0.2) is 19.1 Å². The van der Waals surface area contributed by atoms with Crippen LogP contribution in [-0.2, 0) is 19.3 Å². The number of halogens is 4. The summed E-state index contributed by atoms with van der Waals surface area (Å²) in [5, 5.41) is 21.6. The Kier molecular flexibility index (Phi) is 13.7. The first-order valence-corrected chi connectivity index (χ1v) is 13.0. The number of carbonyl (C=O) groups is 1. The largest absolute Gasteiger partial charge is 0.411 e. The van der Waals surface area contributed by atoms with Crippen molar-refractivity contribution in [2.75, 3.05) is 11.9 Å². The van der Waals surface area contributed by atoms with Gasteiger partial charge in [0, 0.05) is 29.8 Å². The molecule has 0 saturated heterocycles. The Bertz CT molecular complexity index is 1300. The lowest BCUT2D eigenvalue weighted by Gasteiger charge is -2.16. The maximum atomic E-state index is 12.9. The smallest absolute Gasteiger partial charge is 0.163 e. The van der Waals surface area contributed by atoms with E-state index in [4.69, 9.17) is 10.4 Å². The third-order valence-corrected chi connectivity index (χ3v) is 6.85. The number of hydrogen-bond donors (Lipinski definition) is 4. The first kappa shape index (κ1) is 32.8. The Labute approximate surface area is 238 Å². The Morgan fingerprint density at radius 2 is 1.20 bits per heavy atom. The number of ketones is 1. The molecule has 0 spiro atoms. The first-order valence-electron chi connectivity index (χ1n) is 13.0. The van der Waals surface area contributed by atoms with Crippen molar-refractivity contribution in [2.24, 2.45) is 11.1 Å². The van der Waals surface area contributed by atoms with Crippen LogP contribution in [0.5, 0.6) is 0 Å². The van der Waals surface area contributed by atoms with Crippen molar-refractivity contribution in [1.82, 2.24) is 0 Å². The average molecular weight is 578 g/mol. The molecule has 1 aliphatic heterocycles. The van der Waals surface area contributed by atoms with E-state index in [9.17, 15) is 18.0 Å². The summed E-state index contributed by atoms with van der Waals surface area (Å²) in [6.45, 7) is 0.969. The summed E-state index contributed by atoms with van der Waals surface area (Å²) >= 11 is 0. The fraction of sp³-hybridized carbons (Fsp3) is 0.333. The number of oxime groups is 1. The van der Waals surface area contributed by atoms with Crippen molar-refractivity contribution in [3.8, 4) is 0 Å². The van der Waals surface area contributed by atoms with E-state index < -0.39 is 0 Å². The molecule has 0 unspecified atom stereocenters. The number of nitrogens with zero attached hydrogens (tertiary/aromatic N) is 1. The minimum Gasteiger partial charge on any atom is -0.411 e. The average Bonchev–Trinajstić information content (AvgIpc) is 3.20. The van der Waals surface area contributed by atoms with Crippen LogP contribution in [0.3, 0.4) is 0 Å². The van der Waals surface area contributed by atoms with Gasteiger partial charge in [0.1, 0.15) is 17.5 Å². The fourth-order valence-corrected chi connectivity index (χ4v) is 4.92. The van der Waals surface area contributed by atoms with E-state index in [1.165, 1.54) is 48.7 Å². The molecule has 10 heteroatoms. The summed E-state index contributed by atoms with van der Waals surface area (Å²) in [7, 11) is 0. The van der Waals surface area contributed by atoms with Gasteiger partial charge in [0.2, 0.25) is 0 Å². The standard InChI is InChI=1S/C10H10FNO.C10H12FN.C10H9FO.ClH.H3NO/c11-8-5-4-7-2-1-3-10(12-13)9(7)6-8;11-9-5-4-8-3-1-2-6-12-10(8)7-9;11-8-5-4-7-2-1-3-10(12)9(7)6-8;;1-2/h4-6,13H,1-3H2;4-5,7,12H,1-3,6H2;4-6H,1-3H2;1H;2H,1H2/b12-10-;;;;. The summed E-state index contributed by atoms with van der Waals surface area (Å²) in [5.74, 6) is 2.84. The van der Waals surface area contributed by atoms with Crippen LogP contribution in [0, 0.1) is 17.5 Å². The number of carbonyl (C=O) groups excluding carboxylic acids is 1. The van der Waals surface area contributed by atoms with E-state index in [1.54, 1.807) is 18.2 Å². The lowest BCUT2D eigenvalue weighted by Crippen LogP contribution is -2.12. The second kappa shape index (κ2) is 16.6. The van der Waals surface area contributed by atoms with Gasteiger partial charge < -0.3 is 15.7 Å². The Balaban J connectivity index is 0.000000201. The lowest BCUT2D eigenvalue weighted by molar-refractivity contribution is 0.0972. The number of benzene rings is 3. The molecule has 5 N–H and O–H groups in total. The highest BCUT2D eigenvalue weighted by Gasteiger charge is 2.17. The van der Waals surface area contributed by atoms with E-state index in [1.807, 2.05) is 6.07 Å². The van der Waals surface area contributed by atoms with Crippen molar-refractivity contribution >= 4 is 29.6 Å². The molecule has 0 amide bonds. The van der Waals surface area contributed by atoms with Crippen molar-refractivity contribution in [3.63, 3.8) is 0 Å². The first-order chi connectivity index (χ1) is 18.9. The van der Waals surface area contributed by atoms with Gasteiger partial charge in [-0.15, -0.1) is 12.4 Å². The number of nitrogens with two attached hydrogens (primary N) is 1. The monoisotopic (exact) mass is 577 g/mol. The summed E-state index contributed by atoms with van der Waals surface area (Å²) < 4.78 is 38.4. The van der Waals surface area contributed by atoms with Crippen LogP contribution >= 0.6 is 12.4 Å². The topological polar surface area (TPSA) is 108 Å². The minimum absolute atomic E-state index is 0. The second-order valence-electron chi connectivity index (χ2n) is 9.47. The maximum absolute atomic E-state index is 12.9. The SMILES string of the molecule is Cl.Fc1ccc2c(c1)NCCCC2.NO.O/N=C1/CCCc2ccc(F)cc21.O=C1CCCc2ccc(F)cc21. The summed E-state index contributed by atoms with van der Waals surface area (Å²) in [6.07, 6.45) is 8.46. The van der Waals surface area contributed by atoms with Crippen LogP contribution in [0.15, 0.2) is 59.8 Å². The Hall–Kier alpha value is -3.40. The highest BCUT2D eigenvalue weighted by Crippen LogP contribution is 2.24. The van der Waals surface area contributed by atoms with Crippen LogP contribution in [0.4, 0.5) is 18.9 Å². The molecule has 216 valence electrons. The summed E-state index contributed by atoms with van der Waals surface area (Å²) in [5.41, 5.74) is 6.23. The lowest BCUT2D eigenvalue weighted by atomic mass is 9.90. The van der Waals surface area contributed by atoms with Crippen molar-refractivity contribution in [2.45, 2.75) is 57.8 Å². The normalized spacial score (nSPS) is 15.8. The van der Waals surface area contributed by atoms with Crippen LogP contribution in [0.2, 0.25) is 0 Å². The molecular weight excluding hydrogens is 543 g/mol.